The van der Waals surface area contributed by atoms with E-state index in [1.165, 1.54) is 12.1 Å². The third-order valence-corrected chi connectivity index (χ3v) is 11.3. The Morgan fingerprint density at radius 1 is 0.883 bits per heavy atom. The van der Waals surface area contributed by atoms with Crippen molar-refractivity contribution >= 4 is 34.4 Å². The average Bonchev–Trinajstić information content (AvgIpc) is 3.81. The second-order valence-electron chi connectivity index (χ2n) is 15.2. The predicted octanol–water partition coefficient (Wildman–Crippen LogP) is 3.65. The molecule has 2 unspecified atom stereocenters. The van der Waals surface area contributed by atoms with Crippen LogP contribution in [0.4, 0.5) is 0 Å². The van der Waals surface area contributed by atoms with Crippen molar-refractivity contribution in [3.05, 3.63) is 93.9 Å². The minimum absolute atomic E-state index is 0.0102. The molecule has 5 aromatic rings. The number of methoxy groups -OCH3 is 2. The van der Waals surface area contributed by atoms with E-state index >= 15 is 0 Å². The summed E-state index contributed by atoms with van der Waals surface area (Å²) in [6.07, 6.45) is 10.5. The quantitative estimate of drug-likeness (QED) is 0.119. The van der Waals surface area contributed by atoms with Gasteiger partial charge in [0, 0.05) is 57.3 Å². The molecule has 17 nitrogen and oxygen atoms in total. The van der Waals surface area contributed by atoms with E-state index in [2.05, 4.69) is 25.5 Å². The minimum atomic E-state index is -1.01. The summed E-state index contributed by atoms with van der Waals surface area (Å²) in [6.45, 7) is 3.59. The van der Waals surface area contributed by atoms with Crippen LogP contribution >= 0.6 is 0 Å². The Hall–Kier alpha value is -6.46. The molecule has 17 heteroatoms. The van der Waals surface area contributed by atoms with Crippen molar-refractivity contribution in [2.75, 3.05) is 33.9 Å². The van der Waals surface area contributed by atoms with Gasteiger partial charge in [0.05, 0.1) is 61.8 Å². The molecule has 2 fully saturated rings. The summed E-state index contributed by atoms with van der Waals surface area (Å²) in [4.78, 5) is 70.2. The minimum Gasteiger partial charge on any atom is -0.496 e. The Bertz CT molecular complexity index is 2510. The van der Waals surface area contributed by atoms with Gasteiger partial charge in [-0.3, -0.25) is 48.8 Å². The number of ether oxygens (including phenoxy) is 4. The fourth-order valence-corrected chi connectivity index (χ4v) is 8.18. The maximum atomic E-state index is 13.1. The summed E-state index contributed by atoms with van der Waals surface area (Å²) >= 11 is 0. The molecule has 3 aromatic heterocycles. The summed E-state index contributed by atoms with van der Waals surface area (Å²) in [7, 11) is 5.04. The number of rotatable bonds is 15. The van der Waals surface area contributed by atoms with Crippen molar-refractivity contribution in [1.82, 2.24) is 39.7 Å². The van der Waals surface area contributed by atoms with E-state index in [4.69, 9.17) is 18.9 Å². The lowest BCUT2D eigenvalue weighted by atomic mass is 9.98. The number of aryl methyl sites for hydroxylation is 2. The molecule has 0 spiro atoms. The first-order valence-electron chi connectivity index (χ1n) is 20.0. The fraction of sp³-hybridized carbons (Fsp3) is 0.395. The van der Waals surface area contributed by atoms with Crippen molar-refractivity contribution < 1.29 is 38.1 Å². The van der Waals surface area contributed by atoms with Crippen LogP contribution in [0.15, 0.2) is 66.0 Å². The van der Waals surface area contributed by atoms with Crippen molar-refractivity contribution in [3.63, 3.8) is 0 Å². The molecule has 1 N–H and O–H groups in total. The number of aromatic nitrogens is 5. The molecule has 0 saturated carbocycles. The molecule has 2 saturated heterocycles. The number of hydrogen-bond acceptors (Lipinski definition) is 13. The highest BCUT2D eigenvalue weighted by Crippen LogP contribution is 2.38. The van der Waals surface area contributed by atoms with Gasteiger partial charge in [0.2, 0.25) is 11.8 Å². The zero-order valence-corrected chi connectivity index (χ0v) is 33.7. The average molecular weight is 819 g/mol. The molecule has 2 aromatic carbocycles. The zero-order valence-electron chi connectivity index (χ0n) is 33.7. The second-order valence-corrected chi connectivity index (χ2v) is 15.2. The summed E-state index contributed by atoms with van der Waals surface area (Å²) in [6, 6.07) is 9.52. The van der Waals surface area contributed by atoms with Crippen LogP contribution < -0.4 is 25.1 Å². The van der Waals surface area contributed by atoms with E-state index < -0.39 is 29.7 Å². The molecular formula is C43H46N8O9. The molecule has 60 heavy (non-hydrogen) atoms. The molecule has 3 aliphatic rings. The number of carbonyl (C=O) groups is 4. The lowest BCUT2D eigenvalue weighted by molar-refractivity contribution is -0.136. The van der Waals surface area contributed by atoms with Crippen LogP contribution in [0.5, 0.6) is 17.2 Å². The molecule has 3 aliphatic heterocycles. The van der Waals surface area contributed by atoms with Gasteiger partial charge in [-0.25, -0.2) is 0 Å². The van der Waals surface area contributed by atoms with Crippen LogP contribution in [0.25, 0.3) is 21.9 Å². The Morgan fingerprint density at radius 2 is 1.68 bits per heavy atom. The van der Waals surface area contributed by atoms with Gasteiger partial charge in [0.1, 0.15) is 29.0 Å². The van der Waals surface area contributed by atoms with Crippen molar-refractivity contribution in [2.24, 2.45) is 7.05 Å². The molecule has 2 atom stereocenters. The molecule has 4 amide bonds. The van der Waals surface area contributed by atoms with E-state index in [-0.39, 0.29) is 35.6 Å². The van der Waals surface area contributed by atoms with E-state index in [0.29, 0.717) is 55.4 Å². The Morgan fingerprint density at radius 3 is 2.47 bits per heavy atom. The number of fused-ring (bicyclic) bond motifs is 2. The van der Waals surface area contributed by atoms with Crippen LogP contribution in [0.3, 0.4) is 0 Å². The monoisotopic (exact) mass is 818 g/mol. The van der Waals surface area contributed by atoms with E-state index in [1.807, 2.05) is 30.6 Å². The van der Waals surface area contributed by atoms with Gasteiger partial charge in [0.25, 0.3) is 17.4 Å². The van der Waals surface area contributed by atoms with Crippen molar-refractivity contribution in [2.45, 2.75) is 70.4 Å². The maximum absolute atomic E-state index is 13.1. The van der Waals surface area contributed by atoms with Gasteiger partial charge in [-0.1, -0.05) is 5.21 Å². The number of hydrogen-bond donors (Lipinski definition) is 1. The topological polar surface area (TPSA) is 189 Å². The fourth-order valence-electron chi connectivity index (χ4n) is 8.18. The summed E-state index contributed by atoms with van der Waals surface area (Å²) < 4.78 is 27.4. The number of likely N-dealkylation sites (tertiary alicyclic amines) is 1. The Balaban J connectivity index is 0.806. The molecule has 0 bridgehead atoms. The third-order valence-electron chi connectivity index (χ3n) is 11.3. The number of amides is 4. The van der Waals surface area contributed by atoms with Crippen LogP contribution in [-0.4, -0.2) is 104 Å². The number of benzene rings is 2. The normalized spacial score (nSPS) is 18.2. The Labute approximate surface area is 345 Å². The number of imide groups is 2. The zero-order chi connectivity index (χ0) is 41.9. The number of unbranched alkanes of at least 4 members (excludes halogenated alkanes) is 1. The highest BCUT2D eigenvalue weighted by Gasteiger charge is 2.44. The van der Waals surface area contributed by atoms with Crippen LogP contribution in [0, 0.1) is 0 Å². The van der Waals surface area contributed by atoms with Gasteiger partial charge < -0.3 is 23.5 Å². The number of piperidine rings is 2. The second kappa shape index (κ2) is 17.4. The highest BCUT2D eigenvalue weighted by atomic mass is 16.5. The molecule has 0 radical (unpaired) electrons. The number of carbonyl (C=O) groups excluding carboxylic acids is 4. The summed E-state index contributed by atoms with van der Waals surface area (Å²) in [5, 5.41) is 12.1. The molecule has 312 valence electrons. The van der Waals surface area contributed by atoms with Gasteiger partial charge in [-0.15, -0.1) is 5.10 Å². The van der Waals surface area contributed by atoms with E-state index in [1.54, 1.807) is 49.0 Å². The van der Waals surface area contributed by atoms with Gasteiger partial charge in [-0.05, 0) is 86.0 Å². The third kappa shape index (κ3) is 8.22. The van der Waals surface area contributed by atoms with Crippen LogP contribution in [0.2, 0.25) is 0 Å². The van der Waals surface area contributed by atoms with Crippen molar-refractivity contribution in [3.8, 4) is 28.4 Å². The summed E-state index contributed by atoms with van der Waals surface area (Å²) in [5.41, 5.74) is 3.71. The predicted molar refractivity (Wildman–Crippen MR) is 216 cm³/mol. The molecule has 0 aliphatic carbocycles. The SMILES string of the molecule is COc1cc(-c2cn(C)c(=O)c3cnccc23)cc(OC)c1CN1CCCC(OCc2cn(CCCCOc3ccc4c(c3)C(=O)N(C3CCC(=O)NC3=O)C4=O)nn2)C1. The van der Waals surface area contributed by atoms with E-state index in [9.17, 15) is 24.0 Å². The first-order chi connectivity index (χ1) is 29.1. The summed E-state index contributed by atoms with van der Waals surface area (Å²) in [5.74, 6) is -0.345. The van der Waals surface area contributed by atoms with Gasteiger partial charge in [-0.2, -0.15) is 0 Å². The molecular weight excluding hydrogens is 773 g/mol. The number of nitrogens with one attached hydrogen (secondary N) is 1. The highest BCUT2D eigenvalue weighted by molar-refractivity contribution is 6.23. The van der Waals surface area contributed by atoms with Crippen LogP contribution in [0.1, 0.15) is 70.5 Å². The largest absolute Gasteiger partial charge is 0.496 e. The van der Waals surface area contributed by atoms with Gasteiger partial charge >= 0.3 is 0 Å². The van der Waals surface area contributed by atoms with Gasteiger partial charge in [0.15, 0.2) is 0 Å². The number of nitrogens with zero attached hydrogens (tertiary/aromatic N) is 7. The van der Waals surface area contributed by atoms with E-state index in [0.717, 1.165) is 65.0 Å². The van der Waals surface area contributed by atoms with Crippen molar-refractivity contribution in [1.29, 1.82) is 0 Å². The smallest absolute Gasteiger partial charge is 0.262 e. The number of pyridine rings is 2. The Kier molecular flexibility index (Phi) is 11.7. The molecule has 8 rings (SSSR count). The first-order valence-corrected chi connectivity index (χ1v) is 20.0. The maximum Gasteiger partial charge on any atom is 0.262 e. The lowest BCUT2D eigenvalue weighted by Crippen LogP contribution is -2.54. The molecule has 6 heterocycles. The standard InChI is InChI=1S/C43H46N8O9/c1-48-23-34(30-12-13-44-20-33(30)41(48)54)26-17-37(57-2)35(38(18-26)58-3)24-49-14-6-7-29(22-49)60-25-27-21-50(47-46-27)15-4-5-16-59-28-8-9-31-32(19-28)43(56)51(42(31)55)36-10-11-39(52)45-40(36)53/h8-9,12-13,17-21,23,29,36H,4-7,10-11,14-16,22,24-25H2,1-3H3,(H,45,52,53). The lowest BCUT2D eigenvalue weighted by Gasteiger charge is -2.33. The van der Waals surface area contributed by atoms with Crippen LogP contribution in [-0.2, 0) is 41.1 Å². The first kappa shape index (κ1) is 40.3.